The molecular formula is C19H20N4O3. The lowest BCUT2D eigenvalue weighted by Gasteiger charge is -2.30. The Morgan fingerprint density at radius 3 is 2.88 bits per heavy atom. The Morgan fingerprint density at radius 1 is 1.23 bits per heavy atom. The van der Waals surface area contributed by atoms with E-state index in [0.29, 0.717) is 25.6 Å². The number of likely N-dealkylation sites (tertiary alicyclic amines) is 1. The van der Waals surface area contributed by atoms with E-state index in [-0.39, 0.29) is 5.92 Å². The average Bonchev–Trinajstić information content (AvgIpc) is 3.06. The van der Waals surface area contributed by atoms with Crippen LogP contribution in [0.15, 0.2) is 48.7 Å². The van der Waals surface area contributed by atoms with Crippen LogP contribution in [0, 0.1) is 5.92 Å². The fourth-order valence-corrected chi connectivity index (χ4v) is 3.37. The van der Waals surface area contributed by atoms with Crippen LogP contribution in [0.2, 0.25) is 0 Å². The van der Waals surface area contributed by atoms with Crippen LogP contribution in [0.25, 0.3) is 16.7 Å². The maximum Gasteiger partial charge on any atom is 0.407 e. The number of para-hydroxylation sites is 1. The van der Waals surface area contributed by atoms with Gasteiger partial charge in [-0.2, -0.15) is 0 Å². The van der Waals surface area contributed by atoms with Crippen molar-refractivity contribution in [2.24, 2.45) is 5.92 Å². The van der Waals surface area contributed by atoms with Gasteiger partial charge in [0.25, 0.3) is 0 Å². The van der Waals surface area contributed by atoms with Crippen LogP contribution >= 0.6 is 0 Å². The minimum atomic E-state index is -0.862. The van der Waals surface area contributed by atoms with Crippen LogP contribution in [0.5, 0.6) is 5.88 Å². The highest BCUT2D eigenvalue weighted by atomic mass is 16.5. The SMILES string of the molecule is O=C(O)N1CCC[C@H](COc2nn(-c3ccccn3)c3ccccc23)C1. The molecule has 0 spiro atoms. The van der Waals surface area contributed by atoms with E-state index in [1.165, 1.54) is 4.90 Å². The molecule has 7 nitrogen and oxygen atoms in total. The molecule has 1 aliphatic rings. The van der Waals surface area contributed by atoms with Crippen molar-refractivity contribution in [1.82, 2.24) is 19.7 Å². The van der Waals surface area contributed by atoms with Gasteiger partial charge in [0.1, 0.15) is 0 Å². The Balaban J connectivity index is 1.56. The van der Waals surface area contributed by atoms with Gasteiger partial charge in [-0.15, -0.1) is 5.10 Å². The van der Waals surface area contributed by atoms with Gasteiger partial charge >= 0.3 is 6.09 Å². The maximum atomic E-state index is 11.2. The summed E-state index contributed by atoms with van der Waals surface area (Å²) in [4.78, 5) is 17.0. The van der Waals surface area contributed by atoms with E-state index < -0.39 is 6.09 Å². The molecule has 4 rings (SSSR count). The number of nitrogens with zero attached hydrogens (tertiary/aromatic N) is 4. The normalized spacial score (nSPS) is 17.4. The van der Waals surface area contributed by atoms with Gasteiger partial charge in [-0.3, -0.25) is 0 Å². The van der Waals surface area contributed by atoms with E-state index in [1.807, 2.05) is 42.5 Å². The lowest BCUT2D eigenvalue weighted by atomic mass is 9.99. The molecule has 1 amide bonds. The van der Waals surface area contributed by atoms with E-state index >= 15 is 0 Å². The lowest BCUT2D eigenvalue weighted by molar-refractivity contribution is 0.104. The quantitative estimate of drug-likeness (QED) is 0.780. The van der Waals surface area contributed by atoms with Crippen molar-refractivity contribution >= 4 is 17.0 Å². The molecule has 3 aromatic rings. The summed E-state index contributed by atoms with van der Waals surface area (Å²) in [5.74, 6) is 1.46. The third-order valence-corrected chi connectivity index (χ3v) is 4.67. The van der Waals surface area contributed by atoms with Crippen molar-refractivity contribution in [3.8, 4) is 11.7 Å². The number of pyridine rings is 1. The molecule has 1 fully saturated rings. The number of amides is 1. The Morgan fingerprint density at radius 2 is 2.08 bits per heavy atom. The monoisotopic (exact) mass is 352 g/mol. The van der Waals surface area contributed by atoms with Gasteiger partial charge in [-0.25, -0.2) is 14.5 Å². The number of rotatable bonds is 4. The molecule has 0 saturated carbocycles. The first-order valence-electron chi connectivity index (χ1n) is 8.72. The minimum Gasteiger partial charge on any atom is -0.476 e. The summed E-state index contributed by atoms with van der Waals surface area (Å²) in [5.41, 5.74) is 0.928. The van der Waals surface area contributed by atoms with Crippen molar-refractivity contribution in [2.75, 3.05) is 19.7 Å². The molecule has 0 aliphatic carbocycles. The summed E-state index contributed by atoms with van der Waals surface area (Å²) in [6.07, 6.45) is 2.69. The largest absolute Gasteiger partial charge is 0.476 e. The smallest absolute Gasteiger partial charge is 0.407 e. The van der Waals surface area contributed by atoms with Gasteiger partial charge in [-0.1, -0.05) is 18.2 Å². The summed E-state index contributed by atoms with van der Waals surface area (Å²) < 4.78 is 7.78. The fraction of sp³-hybridized carbons (Fsp3) is 0.316. The molecule has 2 aromatic heterocycles. The second kappa shape index (κ2) is 7.03. The second-order valence-corrected chi connectivity index (χ2v) is 6.47. The molecule has 0 bridgehead atoms. The zero-order valence-electron chi connectivity index (χ0n) is 14.3. The number of carbonyl (C=O) groups is 1. The number of carboxylic acid groups (broad SMARTS) is 1. The summed E-state index contributed by atoms with van der Waals surface area (Å²) >= 11 is 0. The molecule has 26 heavy (non-hydrogen) atoms. The van der Waals surface area contributed by atoms with Gasteiger partial charge in [0.15, 0.2) is 5.82 Å². The number of aromatic nitrogens is 3. The van der Waals surface area contributed by atoms with Crippen molar-refractivity contribution in [3.05, 3.63) is 48.7 Å². The zero-order chi connectivity index (χ0) is 17.9. The molecule has 0 unspecified atom stereocenters. The Kier molecular flexibility index (Phi) is 4.43. The van der Waals surface area contributed by atoms with E-state index in [1.54, 1.807) is 10.9 Å². The van der Waals surface area contributed by atoms with E-state index in [2.05, 4.69) is 10.1 Å². The maximum absolute atomic E-state index is 11.2. The predicted octanol–water partition coefficient (Wildman–Crippen LogP) is 3.19. The van der Waals surface area contributed by atoms with Crippen LogP contribution in [0.1, 0.15) is 12.8 Å². The first-order valence-corrected chi connectivity index (χ1v) is 8.72. The van der Waals surface area contributed by atoms with Crippen LogP contribution in [-0.4, -0.2) is 50.6 Å². The Labute approximate surface area is 150 Å². The van der Waals surface area contributed by atoms with Gasteiger partial charge in [-0.05, 0) is 37.1 Å². The Hall–Kier alpha value is -3.09. The van der Waals surface area contributed by atoms with Gasteiger partial charge in [0.05, 0.1) is 17.5 Å². The highest BCUT2D eigenvalue weighted by Gasteiger charge is 2.24. The van der Waals surface area contributed by atoms with Crippen molar-refractivity contribution in [3.63, 3.8) is 0 Å². The summed E-state index contributed by atoms with van der Waals surface area (Å²) in [6.45, 7) is 1.56. The van der Waals surface area contributed by atoms with Crippen LogP contribution in [-0.2, 0) is 0 Å². The fourth-order valence-electron chi connectivity index (χ4n) is 3.37. The van der Waals surface area contributed by atoms with Gasteiger partial charge in [0.2, 0.25) is 5.88 Å². The topological polar surface area (TPSA) is 80.5 Å². The highest BCUT2D eigenvalue weighted by molar-refractivity contribution is 5.85. The summed E-state index contributed by atoms with van der Waals surface area (Å²) in [5, 5.41) is 14.7. The minimum absolute atomic E-state index is 0.179. The Bertz CT molecular complexity index is 910. The van der Waals surface area contributed by atoms with Gasteiger partial charge in [0, 0.05) is 25.2 Å². The van der Waals surface area contributed by atoms with E-state index in [4.69, 9.17) is 4.74 Å². The molecular weight excluding hydrogens is 332 g/mol. The molecule has 0 radical (unpaired) electrons. The number of benzene rings is 1. The molecule has 7 heteroatoms. The number of hydrogen-bond donors (Lipinski definition) is 1. The first-order chi connectivity index (χ1) is 12.7. The average molecular weight is 352 g/mol. The highest BCUT2D eigenvalue weighted by Crippen LogP contribution is 2.28. The second-order valence-electron chi connectivity index (χ2n) is 6.47. The third kappa shape index (κ3) is 3.20. The van der Waals surface area contributed by atoms with Crippen molar-refractivity contribution in [1.29, 1.82) is 0 Å². The molecule has 1 aliphatic heterocycles. The molecule has 3 heterocycles. The standard InChI is InChI=1S/C19H20N4O3/c24-19(25)22-11-5-6-14(12-22)13-26-18-15-7-1-2-8-16(15)23(21-18)17-9-3-4-10-20-17/h1-4,7-10,14H,5-6,11-13H2,(H,24,25)/t14-/m0/s1. The van der Waals surface area contributed by atoms with Crippen LogP contribution in [0.4, 0.5) is 4.79 Å². The van der Waals surface area contributed by atoms with Crippen molar-refractivity contribution in [2.45, 2.75) is 12.8 Å². The zero-order valence-corrected chi connectivity index (χ0v) is 14.3. The van der Waals surface area contributed by atoms with Crippen LogP contribution < -0.4 is 4.74 Å². The summed E-state index contributed by atoms with van der Waals surface area (Å²) in [6, 6.07) is 13.5. The predicted molar refractivity (Wildman–Crippen MR) is 96.7 cm³/mol. The molecule has 1 N–H and O–H groups in total. The molecule has 1 atom stereocenters. The number of ether oxygens (including phenoxy) is 1. The van der Waals surface area contributed by atoms with E-state index in [0.717, 1.165) is 29.6 Å². The number of fused-ring (bicyclic) bond motifs is 1. The molecule has 1 saturated heterocycles. The molecule has 1 aromatic carbocycles. The summed E-state index contributed by atoms with van der Waals surface area (Å²) in [7, 11) is 0. The number of piperidine rings is 1. The van der Waals surface area contributed by atoms with Crippen LogP contribution in [0.3, 0.4) is 0 Å². The third-order valence-electron chi connectivity index (χ3n) is 4.67. The molecule has 134 valence electrons. The van der Waals surface area contributed by atoms with Crippen molar-refractivity contribution < 1.29 is 14.6 Å². The first kappa shape index (κ1) is 16.4. The number of hydrogen-bond acceptors (Lipinski definition) is 4. The van der Waals surface area contributed by atoms with E-state index in [9.17, 15) is 9.90 Å². The van der Waals surface area contributed by atoms with Gasteiger partial charge < -0.3 is 14.7 Å². The lowest BCUT2D eigenvalue weighted by Crippen LogP contribution is -2.40.